The Balaban J connectivity index is 0.00000289. The Hall–Kier alpha value is 1.12. The van der Waals surface area contributed by atoms with Crippen LogP contribution in [0.15, 0.2) is 16.7 Å². The van der Waals surface area contributed by atoms with Crippen LogP contribution in [0.4, 0.5) is 0 Å². The van der Waals surface area contributed by atoms with Crippen LogP contribution in [0.25, 0.3) is 0 Å². The quantitative estimate of drug-likeness (QED) is 0.544. The fourth-order valence-corrected chi connectivity index (χ4v) is 2.96. The average Bonchev–Trinajstić information content (AvgIpc) is 2.56. The van der Waals surface area contributed by atoms with Crippen LogP contribution in [0, 0.1) is 35.7 Å². The van der Waals surface area contributed by atoms with Gasteiger partial charge in [0, 0.05) is 0 Å². The van der Waals surface area contributed by atoms with Crippen molar-refractivity contribution in [3.63, 3.8) is 0 Å². The van der Waals surface area contributed by atoms with Crippen molar-refractivity contribution in [1.29, 1.82) is 0 Å². The van der Waals surface area contributed by atoms with Crippen LogP contribution in [0.2, 0.25) is 0 Å². The molecule has 0 spiro atoms. The summed E-state index contributed by atoms with van der Waals surface area (Å²) in [6.07, 6.45) is 3.80. The van der Waals surface area contributed by atoms with Gasteiger partial charge in [-0.3, -0.25) is 6.08 Å². The van der Waals surface area contributed by atoms with Gasteiger partial charge in [0.15, 0.2) is 0 Å². The minimum absolute atomic E-state index is 0. The van der Waals surface area contributed by atoms with Crippen molar-refractivity contribution in [1.82, 2.24) is 0 Å². The Labute approximate surface area is 157 Å². The van der Waals surface area contributed by atoms with Crippen molar-refractivity contribution < 1.29 is 51.4 Å². The zero-order chi connectivity index (χ0) is 13.3. The maximum Gasteiger partial charge on any atom is 1.00 e. The molecule has 0 heterocycles. The maximum absolute atomic E-state index is 3.80. The van der Waals surface area contributed by atoms with Crippen molar-refractivity contribution in [3.8, 4) is 0 Å². The molecule has 0 saturated carbocycles. The van der Waals surface area contributed by atoms with Crippen LogP contribution in [0.5, 0.6) is 0 Å². The Bertz CT molecular complexity index is 330. The van der Waals surface area contributed by atoms with Gasteiger partial charge in [-0.15, -0.1) is 0 Å². The molecule has 18 heavy (non-hydrogen) atoms. The first-order valence-corrected chi connectivity index (χ1v) is 7.15. The minimum atomic E-state index is 0. The molecule has 0 aromatic rings. The molecule has 1 atom stereocenters. The third-order valence-corrected chi connectivity index (χ3v) is 3.69. The first-order valence-electron chi connectivity index (χ1n) is 7.15. The van der Waals surface area contributed by atoms with Gasteiger partial charge in [-0.05, 0) is 5.92 Å². The predicted octanol–water partition coefficient (Wildman–Crippen LogP) is 2.27. The second-order valence-electron chi connectivity index (χ2n) is 6.61. The summed E-state index contributed by atoms with van der Waals surface area (Å²) >= 11 is 0. The first-order chi connectivity index (χ1) is 7.77. The summed E-state index contributed by atoms with van der Waals surface area (Å²) in [7, 11) is 0. The molecule has 0 saturated heterocycles. The third-order valence-electron chi connectivity index (χ3n) is 3.69. The number of rotatable bonds is 4. The molecule has 0 bridgehead atoms. The van der Waals surface area contributed by atoms with E-state index in [1.807, 2.05) is 0 Å². The van der Waals surface area contributed by atoms with Crippen molar-refractivity contribution in [2.75, 3.05) is 0 Å². The topological polar surface area (TPSA) is 0 Å². The maximum atomic E-state index is 3.80. The first kappa shape index (κ1) is 19.1. The predicted molar refractivity (Wildman–Crippen MR) is 76.6 cm³/mol. The van der Waals surface area contributed by atoms with E-state index in [0.29, 0.717) is 29.6 Å². The second kappa shape index (κ2) is 7.78. The molecule has 1 aliphatic rings. The summed E-state index contributed by atoms with van der Waals surface area (Å²) < 4.78 is 0. The van der Waals surface area contributed by atoms with E-state index in [1.165, 1.54) is 5.57 Å². The van der Waals surface area contributed by atoms with E-state index in [-0.39, 0.29) is 51.4 Å². The molecule has 0 fully saturated rings. The summed E-state index contributed by atoms with van der Waals surface area (Å²) in [6.45, 7) is 18.5. The van der Waals surface area contributed by atoms with E-state index in [1.54, 1.807) is 11.1 Å². The molecular weight excluding hydrogens is 243 g/mol. The van der Waals surface area contributed by atoms with Gasteiger partial charge in [0.2, 0.25) is 0 Å². The summed E-state index contributed by atoms with van der Waals surface area (Å²) in [5.41, 5.74) is 4.75. The zero-order valence-electron chi connectivity index (χ0n) is 13.9. The molecule has 1 heteroatoms. The SMILES string of the molecule is CC(C)C1=[C-]C(C(C)C)C(C(C)C)=C1C(C)C.[K+]. The van der Waals surface area contributed by atoms with Gasteiger partial charge in [-0.1, -0.05) is 79.1 Å². The smallest absolute Gasteiger partial charge is 0.265 e. The molecule has 1 unspecified atom stereocenters. The van der Waals surface area contributed by atoms with Gasteiger partial charge in [-0.2, -0.15) is 11.1 Å². The van der Waals surface area contributed by atoms with Crippen molar-refractivity contribution >= 4 is 0 Å². The molecular formula is C17H29K. The van der Waals surface area contributed by atoms with Crippen molar-refractivity contribution in [2.45, 2.75) is 55.4 Å². The number of hydrogen-bond donors (Lipinski definition) is 0. The van der Waals surface area contributed by atoms with Gasteiger partial charge >= 0.3 is 51.4 Å². The Morgan fingerprint density at radius 3 is 1.56 bits per heavy atom. The van der Waals surface area contributed by atoms with Crippen LogP contribution in [0.1, 0.15) is 55.4 Å². The molecule has 0 nitrogen and oxygen atoms in total. The molecule has 0 aromatic heterocycles. The third kappa shape index (κ3) is 4.05. The van der Waals surface area contributed by atoms with Gasteiger partial charge in [0.25, 0.3) is 0 Å². The Kier molecular flexibility index (Phi) is 8.26. The molecule has 0 aromatic carbocycles. The Morgan fingerprint density at radius 2 is 1.28 bits per heavy atom. The van der Waals surface area contributed by atoms with Crippen LogP contribution in [-0.2, 0) is 0 Å². The largest absolute Gasteiger partial charge is 1.00 e. The molecule has 0 radical (unpaired) electrons. The van der Waals surface area contributed by atoms with Crippen molar-refractivity contribution in [3.05, 3.63) is 22.8 Å². The standard InChI is InChI=1S/C17H29.K/c1-10(2)14-9-15(11(3)4)17(13(7)8)16(14)12(5)6;/h10-14H,1-8H3;/q-1;+1. The number of allylic oxidation sites excluding steroid dienone is 4. The van der Waals surface area contributed by atoms with Crippen molar-refractivity contribution in [2.24, 2.45) is 29.6 Å². The normalized spacial score (nSPS) is 20.2. The van der Waals surface area contributed by atoms with E-state index in [9.17, 15) is 0 Å². The second-order valence-corrected chi connectivity index (χ2v) is 6.61. The van der Waals surface area contributed by atoms with E-state index in [0.717, 1.165) is 0 Å². The zero-order valence-corrected chi connectivity index (χ0v) is 17.0. The summed E-state index contributed by atoms with van der Waals surface area (Å²) in [5, 5.41) is 0. The fraction of sp³-hybridized carbons (Fsp3) is 0.765. The molecule has 0 aliphatic heterocycles. The van der Waals surface area contributed by atoms with E-state index in [2.05, 4.69) is 61.5 Å². The average molecular weight is 273 g/mol. The summed E-state index contributed by atoms with van der Waals surface area (Å²) in [6, 6.07) is 0. The minimum Gasteiger partial charge on any atom is -0.265 e. The van der Waals surface area contributed by atoms with Crippen LogP contribution in [0.3, 0.4) is 0 Å². The molecule has 98 valence electrons. The summed E-state index contributed by atoms with van der Waals surface area (Å²) in [5.74, 6) is 3.08. The van der Waals surface area contributed by atoms with Crippen LogP contribution < -0.4 is 51.4 Å². The van der Waals surface area contributed by atoms with Crippen LogP contribution >= 0.6 is 0 Å². The Morgan fingerprint density at radius 1 is 0.778 bits per heavy atom. The molecule has 0 amide bonds. The monoisotopic (exact) mass is 272 g/mol. The molecule has 1 aliphatic carbocycles. The fourth-order valence-electron chi connectivity index (χ4n) is 2.96. The molecule has 0 N–H and O–H groups in total. The van der Waals surface area contributed by atoms with E-state index in [4.69, 9.17) is 0 Å². The van der Waals surface area contributed by atoms with E-state index >= 15 is 0 Å². The molecule has 1 rings (SSSR count). The van der Waals surface area contributed by atoms with Gasteiger partial charge in [0.1, 0.15) is 0 Å². The summed E-state index contributed by atoms with van der Waals surface area (Å²) in [4.78, 5) is 0. The number of hydrogen-bond acceptors (Lipinski definition) is 0. The van der Waals surface area contributed by atoms with E-state index < -0.39 is 0 Å². The van der Waals surface area contributed by atoms with Gasteiger partial charge in [0.05, 0.1) is 0 Å². The van der Waals surface area contributed by atoms with Gasteiger partial charge in [-0.25, -0.2) is 5.57 Å². The van der Waals surface area contributed by atoms with Crippen LogP contribution in [-0.4, -0.2) is 0 Å². The van der Waals surface area contributed by atoms with Gasteiger partial charge < -0.3 is 0 Å².